The van der Waals surface area contributed by atoms with E-state index in [1.807, 2.05) is 21.9 Å². The van der Waals surface area contributed by atoms with Crippen molar-refractivity contribution in [3.63, 3.8) is 0 Å². The van der Waals surface area contributed by atoms with Crippen LogP contribution >= 0.6 is 0 Å². The fraction of sp³-hybridized carbons (Fsp3) is 0.522. The van der Waals surface area contributed by atoms with Crippen LogP contribution in [0.25, 0.3) is 0 Å². The quantitative estimate of drug-likeness (QED) is 0.522. The third-order valence-corrected chi connectivity index (χ3v) is 6.52. The summed E-state index contributed by atoms with van der Waals surface area (Å²) in [5, 5.41) is 15.5. The number of hydrogen-bond acceptors (Lipinski definition) is 5. The summed E-state index contributed by atoms with van der Waals surface area (Å²) in [6, 6.07) is 7.36. The van der Waals surface area contributed by atoms with E-state index in [0.29, 0.717) is 49.7 Å². The van der Waals surface area contributed by atoms with Crippen molar-refractivity contribution in [1.82, 2.24) is 24.5 Å². The Kier molecular flexibility index (Phi) is 6.62. The topological polar surface area (TPSA) is 105 Å². The predicted molar refractivity (Wildman–Crippen MR) is 122 cm³/mol. The van der Waals surface area contributed by atoms with Crippen LogP contribution < -0.4 is 0 Å². The largest absolute Gasteiger partial charge is 0.335 e. The van der Waals surface area contributed by atoms with Crippen LogP contribution in [0.4, 0.5) is 10.5 Å². The van der Waals surface area contributed by atoms with Gasteiger partial charge in [0.05, 0.1) is 11.5 Å². The van der Waals surface area contributed by atoms with Gasteiger partial charge in [-0.3, -0.25) is 19.6 Å². The molecule has 2 aliphatic rings. The summed E-state index contributed by atoms with van der Waals surface area (Å²) in [6.07, 6.45) is 3.32. The Morgan fingerprint density at radius 3 is 2.06 bits per heavy atom. The summed E-state index contributed by atoms with van der Waals surface area (Å²) in [6.45, 7) is 7.52. The molecule has 3 heterocycles. The molecule has 176 valence electrons. The van der Waals surface area contributed by atoms with E-state index < -0.39 is 4.92 Å². The molecule has 0 saturated carbocycles. The Morgan fingerprint density at radius 2 is 1.48 bits per heavy atom. The maximum Gasteiger partial charge on any atom is 0.320 e. The van der Waals surface area contributed by atoms with E-state index in [0.717, 1.165) is 31.5 Å². The lowest BCUT2D eigenvalue weighted by Gasteiger charge is -2.38. The van der Waals surface area contributed by atoms with Gasteiger partial charge in [-0.15, -0.1) is 0 Å². The fourth-order valence-corrected chi connectivity index (χ4v) is 4.60. The zero-order valence-corrected chi connectivity index (χ0v) is 19.2. The van der Waals surface area contributed by atoms with Crippen LogP contribution in [0.15, 0.2) is 24.3 Å². The first-order valence-corrected chi connectivity index (χ1v) is 11.5. The molecule has 0 bridgehead atoms. The van der Waals surface area contributed by atoms with Gasteiger partial charge in [0, 0.05) is 44.8 Å². The molecular weight excluding hydrogens is 424 g/mol. The van der Waals surface area contributed by atoms with Gasteiger partial charge < -0.3 is 14.7 Å². The van der Waals surface area contributed by atoms with Crippen molar-refractivity contribution < 1.29 is 14.5 Å². The molecule has 0 aliphatic carbocycles. The van der Waals surface area contributed by atoms with Crippen molar-refractivity contribution >= 4 is 17.6 Å². The van der Waals surface area contributed by atoms with Crippen molar-refractivity contribution in [2.45, 2.75) is 39.7 Å². The van der Waals surface area contributed by atoms with Gasteiger partial charge >= 0.3 is 11.7 Å². The summed E-state index contributed by atoms with van der Waals surface area (Å²) >= 11 is 0. The van der Waals surface area contributed by atoms with Crippen molar-refractivity contribution in [2.75, 3.05) is 39.3 Å². The number of nitro groups is 1. The Morgan fingerprint density at radius 1 is 0.909 bits per heavy atom. The van der Waals surface area contributed by atoms with Crippen LogP contribution in [-0.4, -0.2) is 80.6 Å². The third kappa shape index (κ3) is 4.84. The number of hydrogen-bond donors (Lipinski definition) is 0. The monoisotopic (exact) mass is 454 g/mol. The number of likely N-dealkylation sites (tertiary alicyclic amines) is 1. The maximum absolute atomic E-state index is 12.9. The number of carbonyl (C=O) groups is 2. The maximum atomic E-state index is 12.9. The van der Waals surface area contributed by atoms with Gasteiger partial charge in [-0.2, -0.15) is 5.10 Å². The summed E-state index contributed by atoms with van der Waals surface area (Å²) in [4.78, 5) is 42.0. The van der Waals surface area contributed by atoms with E-state index in [2.05, 4.69) is 5.10 Å². The molecule has 4 rings (SSSR count). The summed E-state index contributed by atoms with van der Waals surface area (Å²) in [5.74, 6) is -0.0478. The molecule has 0 spiro atoms. The van der Waals surface area contributed by atoms with E-state index in [4.69, 9.17) is 0 Å². The van der Waals surface area contributed by atoms with Gasteiger partial charge in [0.15, 0.2) is 0 Å². The second-order valence-electron chi connectivity index (χ2n) is 8.74. The lowest BCUT2D eigenvalue weighted by atomic mass is 10.1. The van der Waals surface area contributed by atoms with Crippen LogP contribution in [-0.2, 0) is 6.54 Å². The van der Waals surface area contributed by atoms with Gasteiger partial charge in [0.25, 0.3) is 5.91 Å². The van der Waals surface area contributed by atoms with Gasteiger partial charge in [0.2, 0.25) is 0 Å². The Balaban J connectivity index is 1.34. The normalized spacial score (nSPS) is 16.7. The Hall–Kier alpha value is -3.43. The first kappa shape index (κ1) is 22.8. The molecule has 1 aromatic heterocycles. The lowest BCUT2D eigenvalue weighted by molar-refractivity contribution is -0.386. The number of carbonyl (C=O) groups excluding carboxylic acids is 2. The highest BCUT2D eigenvalue weighted by molar-refractivity contribution is 5.94. The standard InChI is InChI=1S/C23H30N6O4/c1-17-21(29(32)33)18(2)28(24-17)16-19-6-8-20(9-7-19)22(30)25-12-14-27(15-13-25)23(31)26-10-4-3-5-11-26/h6-9H,3-5,10-16H2,1-2H3. The van der Waals surface area contributed by atoms with Gasteiger partial charge in [-0.05, 0) is 50.8 Å². The molecular formula is C23H30N6O4. The highest BCUT2D eigenvalue weighted by atomic mass is 16.6. The van der Waals surface area contributed by atoms with E-state index >= 15 is 0 Å². The van der Waals surface area contributed by atoms with Crippen molar-refractivity contribution in [3.05, 3.63) is 56.9 Å². The number of aryl methyl sites for hydroxylation is 1. The second-order valence-corrected chi connectivity index (χ2v) is 8.74. The number of nitrogens with zero attached hydrogens (tertiary/aromatic N) is 6. The third-order valence-electron chi connectivity index (χ3n) is 6.52. The summed E-state index contributed by atoms with van der Waals surface area (Å²) in [7, 11) is 0. The summed E-state index contributed by atoms with van der Waals surface area (Å²) < 4.78 is 1.61. The van der Waals surface area contributed by atoms with Crippen LogP contribution in [0.2, 0.25) is 0 Å². The minimum atomic E-state index is -0.407. The average molecular weight is 455 g/mol. The SMILES string of the molecule is Cc1nn(Cc2ccc(C(=O)N3CCN(C(=O)N4CCCCC4)CC3)cc2)c(C)c1[N+](=O)[O-]. The molecule has 1 aromatic carbocycles. The minimum absolute atomic E-state index is 0.0414. The van der Waals surface area contributed by atoms with E-state index in [9.17, 15) is 19.7 Å². The zero-order valence-electron chi connectivity index (χ0n) is 19.2. The highest BCUT2D eigenvalue weighted by Gasteiger charge is 2.28. The number of amides is 3. The highest BCUT2D eigenvalue weighted by Crippen LogP contribution is 2.23. The molecule has 0 N–H and O–H groups in total. The molecule has 10 heteroatoms. The smallest absolute Gasteiger partial charge is 0.320 e. The van der Waals surface area contributed by atoms with Gasteiger partial charge in [-0.1, -0.05) is 12.1 Å². The molecule has 0 unspecified atom stereocenters. The zero-order chi connectivity index (χ0) is 23.5. The molecule has 2 aliphatic heterocycles. The Labute approximate surface area is 192 Å². The lowest BCUT2D eigenvalue weighted by Crippen LogP contribution is -2.54. The number of benzene rings is 1. The number of piperidine rings is 1. The average Bonchev–Trinajstić information content (AvgIpc) is 3.12. The molecule has 0 atom stereocenters. The fourth-order valence-electron chi connectivity index (χ4n) is 4.60. The molecule has 10 nitrogen and oxygen atoms in total. The van der Waals surface area contributed by atoms with Gasteiger partial charge in [0.1, 0.15) is 11.4 Å². The van der Waals surface area contributed by atoms with Crippen LogP contribution in [0.5, 0.6) is 0 Å². The number of piperazine rings is 1. The predicted octanol–water partition coefficient (Wildman–Crippen LogP) is 2.82. The van der Waals surface area contributed by atoms with Crippen LogP contribution in [0.1, 0.15) is 46.6 Å². The van der Waals surface area contributed by atoms with E-state index in [1.54, 1.807) is 35.6 Å². The van der Waals surface area contributed by atoms with E-state index in [-0.39, 0.29) is 17.6 Å². The van der Waals surface area contributed by atoms with Crippen LogP contribution in [0, 0.1) is 24.0 Å². The van der Waals surface area contributed by atoms with Crippen LogP contribution in [0.3, 0.4) is 0 Å². The first-order chi connectivity index (χ1) is 15.8. The molecule has 2 aromatic rings. The molecule has 33 heavy (non-hydrogen) atoms. The minimum Gasteiger partial charge on any atom is -0.335 e. The van der Waals surface area contributed by atoms with Gasteiger partial charge in [-0.25, -0.2) is 4.79 Å². The van der Waals surface area contributed by atoms with Crippen molar-refractivity contribution in [1.29, 1.82) is 0 Å². The van der Waals surface area contributed by atoms with E-state index in [1.165, 1.54) is 6.42 Å². The number of aromatic nitrogens is 2. The van der Waals surface area contributed by atoms with Crippen molar-refractivity contribution in [3.8, 4) is 0 Å². The second kappa shape index (κ2) is 9.60. The molecule has 2 fully saturated rings. The summed E-state index contributed by atoms with van der Waals surface area (Å²) in [5.41, 5.74) is 2.44. The Bertz CT molecular complexity index is 1030. The first-order valence-electron chi connectivity index (χ1n) is 11.5. The molecule has 3 amide bonds. The molecule has 0 radical (unpaired) electrons. The molecule has 2 saturated heterocycles. The van der Waals surface area contributed by atoms with Crippen molar-refractivity contribution in [2.24, 2.45) is 0 Å². The number of rotatable bonds is 4. The number of urea groups is 1.